The molecule has 2 aliphatic heterocycles. The van der Waals surface area contributed by atoms with Gasteiger partial charge in [-0.25, -0.2) is 5.01 Å². The van der Waals surface area contributed by atoms with Gasteiger partial charge in [0.25, 0.3) is 0 Å². The molecule has 0 saturated carbocycles. The number of hydrogen-bond donors (Lipinski definition) is 0. The van der Waals surface area contributed by atoms with E-state index in [1.807, 2.05) is 38.1 Å². The number of nitrogens with zero attached hydrogens (tertiary/aromatic N) is 2. The minimum absolute atomic E-state index is 0.144. The zero-order chi connectivity index (χ0) is 17.6. The van der Waals surface area contributed by atoms with Crippen molar-refractivity contribution < 1.29 is 14.2 Å². The third kappa shape index (κ3) is 2.60. The second kappa shape index (κ2) is 5.69. The maximum absolute atomic E-state index is 6.20. The molecule has 2 aromatic carbocycles. The van der Waals surface area contributed by atoms with Crippen molar-refractivity contribution in [2.24, 2.45) is 5.10 Å². The van der Waals surface area contributed by atoms with Gasteiger partial charge in [-0.15, -0.1) is 0 Å². The quantitative estimate of drug-likeness (QED) is 0.849. The maximum Gasteiger partial charge on any atom is 0.192 e. The third-order valence-corrected chi connectivity index (χ3v) is 4.82. The smallest absolute Gasteiger partial charge is 0.192 e. The maximum atomic E-state index is 6.20. The van der Waals surface area contributed by atoms with Crippen molar-refractivity contribution in [3.8, 4) is 17.2 Å². The van der Waals surface area contributed by atoms with Crippen LogP contribution in [0, 0.1) is 0 Å². The highest BCUT2D eigenvalue weighted by molar-refractivity contribution is 6.02. The summed E-state index contributed by atoms with van der Waals surface area (Å²) < 4.78 is 16.8. The summed E-state index contributed by atoms with van der Waals surface area (Å²) in [6.07, 6.45) is 0.833. The van der Waals surface area contributed by atoms with Gasteiger partial charge in [0.15, 0.2) is 5.72 Å². The number of benzene rings is 2. The lowest BCUT2D eigenvalue weighted by Crippen LogP contribution is -2.48. The summed E-state index contributed by atoms with van der Waals surface area (Å²) in [6, 6.07) is 14.2. The highest BCUT2D eigenvalue weighted by atomic mass is 16.5. The number of methoxy groups -OCH3 is 2. The van der Waals surface area contributed by atoms with Gasteiger partial charge in [0.2, 0.25) is 0 Å². The normalized spacial score (nSPS) is 20.2. The van der Waals surface area contributed by atoms with Crippen LogP contribution in [0.25, 0.3) is 0 Å². The summed E-state index contributed by atoms with van der Waals surface area (Å²) >= 11 is 0. The molecule has 0 aliphatic carbocycles. The van der Waals surface area contributed by atoms with E-state index in [4.69, 9.17) is 19.3 Å². The lowest BCUT2D eigenvalue weighted by molar-refractivity contribution is -0.0912. The Morgan fingerprint density at radius 1 is 1.04 bits per heavy atom. The van der Waals surface area contributed by atoms with E-state index in [0.29, 0.717) is 0 Å². The number of fused-ring (bicyclic) bond motifs is 3. The van der Waals surface area contributed by atoms with E-state index in [-0.39, 0.29) is 6.04 Å². The van der Waals surface area contributed by atoms with Crippen molar-refractivity contribution in [1.29, 1.82) is 0 Å². The van der Waals surface area contributed by atoms with Crippen molar-refractivity contribution >= 4 is 5.71 Å². The summed E-state index contributed by atoms with van der Waals surface area (Å²) in [4.78, 5) is 0. The summed E-state index contributed by atoms with van der Waals surface area (Å²) in [5.41, 5.74) is 2.78. The molecule has 2 aromatic rings. The van der Waals surface area contributed by atoms with Crippen LogP contribution < -0.4 is 14.2 Å². The van der Waals surface area contributed by atoms with Crippen LogP contribution in [0.1, 0.15) is 37.4 Å². The van der Waals surface area contributed by atoms with Gasteiger partial charge >= 0.3 is 0 Å². The molecule has 0 amide bonds. The zero-order valence-electron chi connectivity index (χ0n) is 14.9. The average molecular weight is 338 g/mol. The summed E-state index contributed by atoms with van der Waals surface area (Å²) in [7, 11) is 3.35. The molecular weight excluding hydrogens is 316 g/mol. The predicted molar refractivity (Wildman–Crippen MR) is 96.4 cm³/mol. The molecule has 0 saturated heterocycles. The van der Waals surface area contributed by atoms with Gasteiger partial charge in [0, 0.05) is 12.0 Å². The van der Waals surface area contributed by atoms with E-state index in [9.17, 15) is 0 Å². The third-order valence-electron chi connectivity index (χ3n) is 4.82. The van der Waals surface area contributed by atoms with E-state index >= 15 is 0 Å². The largest absolute Gasteiger partial charge is 0.497 e. The molecule has 5 nitrogen and oxygen atoms in total. The molecular formula is C20H22N2O3. The fraction of sp³-hybridized carbons (Fsp3) is 0.350. The molecule has 0 fully saturated rings. The van der Waals surface area contributed by atoms with E-state index in [2.05, 4.69) is 23.2 Å². The van der Waals surface area contributed by atoms with Gasteiger partial charge in [-0.2, -0.15) is 5.10 Å². The van der Waals surface area contributed by atoms with Gasteiger partial charge in [-0.1, -0.05) is 0 Å². The number of ether oxygens (including phenoxy) is 3. The molecule has 1 atom stereocenters. The Labute approximate surface area is 147 Å². The molecule has 0 bridgehead atoms. The highest BCUT2D eigenvalue weighted by Crippen LogP contribution is 2.47. The molecule has 0 aromatic heterocycles. The Morgan fingerprint density at radius 3 is 2.40 bits per heavy atom. The first-order chi connectivity index (χ1) is 12.0. The van der Waals surface area contributed by atoms with Crippen LogP contribution in [-0.2, 0) is 0 Å². The summed E-state index contributed by atoms with van der Waals surface area (Å²) in [6.45, 7) is 4.10. The fourth-order valence-corrected chi connectivity index (χ4v) is 3.53. The Balaban J connectivity index is 1.72. The predicted octanol–water partition coefficient (Wildman–Crippen LogP) is 3.98. The van der Waals surface area contributed by atoms with Crippen LogP contribution in [0.2, 0.25) is 0 Å². The van der Waals surface area contributed by atoms with E-state index in [1.54, 1.807) is 14.2 Å². The van der Waals surface area contributed by atoms with Gasteiger partial charge < -0.3 is 14.2 Å². The second-order valence-corrected chi connectivity index (χ2v) is 6.79. The molecule has 4 rings (SSSR count). The number of rotatable bonds is 3. The van der Waals surface area contributed by atoms with Crippen molar-refractivity contribution in [2.75, 3.05) is 14.2 Å². The highest BCUT2D eigenvalue weighted by Gasteiger charge is 2.44. The molecule has 25 heavy (non-hydrogen) atoms. The van der Waals surface area contributed by atoms with Gasteiger partial charge in [0.1, 0.15) is 17.2 Å². The molecule has 0 spiro atoms. The standard InChI is InChI=1S/C20H22N2O3/c1-20(2)22-18(16-11-15(24-4)9-10-19(16)25-20)12-17(21-22)13-5-7-14(23-3)8-6-13/h5-11,18H,12H2,1-4H3/t18-/m0/s1. The first kappa shape index (κ1) is 15.8. The van der Waals surface area contributed by atoms with Gasteiger partial charge in [-0.3, -0.25) is 0 Å². The van der Waals surface area contributed by atoms with Crippen molar-refractivity contribution in [1.82, 2.24) is 5.01 Å². The van der Waals surface area contributed by atoms with E-state index in [1.165, 1.54) is 0 Å². The topological polar surface area (TPSA) is 43.3 Å². The minimum Gasteiger partial charge on any atom is -0.497 e. The van der Waals surface area contributed by atoms with Gasteiger partial charge in [-0.05, 0) is 61.9 Å². The molecule has 0 N–H and O–H groups in total. The molecule has 5 heteroatoms. The van der Waals surface area contributed by atoms with Gasteiger partial charge in [0.05, 0.1) is 26.0 Å². The summed E-state index contributed by atoms with van der Waals surface area (Å²) in [5, 5.41) is 6.95. The van der Waals surface area contributed by atoms with Crippen LogP contribution in [0.4, 0.5) is 0 Å². The lowest BCUT2D eigenvalue weighted by atomic mass is 9.95. The minimum atomic E-state index is -0.500. The van der Waals surface area contributed by atoms with E-state index < -0.39 is 5.72 Å². The average Bonchev–Trinajstić information content (AvgIpc) is 3.08. The second-order valence-electron chi connectivity index (χ2n) is 6.79. The first-order valence-corrected chi connectivity index (χ1v) is 8.40. The van der Waals surface area contributed by atoms with E-state index in [0.717, 1.165) is 40.5 Å². The molecule has 0 radical (unpaired) electrons. The molecule has 2 aliphatic rings. The molecule has 0 unspecified atom stereocenters. The van der Waals surface area contributed by atoms with Crippen molar-refractivity contribution in [2.45, 2.75) is 32.0 Å². The fourth-order valence-electron chi connectivity index (χ4n) is 3.53. The number of hydrazone groups is 1. The Hall–Kier alpha value is -2.69. The van der Waals surface area contributed by atoms with Crippen molar-refractivity contribution in [3.05, 3.63) is 53.6 Å². The first-order valence-electron chi connectivity index (χ1n) is 8.40. The van der Waals surface area contributed by atoms with Crippen LogP contribution in [0.15, 0.2) is 47.6 Å². The Kier molecular flexibility index (Phi) is 3.60. The Morgan fingerprint density at radius 2 is 1.72 bits per heavy atom. The van der Waals surface area contributed by atoms with Crippen LogP contribution in [-0.4, -0.2) is 30.7 Å². The summed E-state index contributed by atoms with van der Waals surface area (Å²) in [5.74, 6) is 2.58. The number of hydrogen-bond acceptors (Lipinski definition) is 5. The van der Waals surface area contributed by atoms with Crippen molar-refractivity contribution in [3.63, 3.8) is 0 Å². The van der Waals surface area contributed by atoms with Crippen LogP contribution in [0.5, 0.6) is 17.2 Å². The van der Waals surface area contributed by atoms with Crippen LogP contribution >= 0.6 is 0 Å². The molecule has 130 valence electrons. The lowest BCUT2D eigenvalue weighted by Gasteiger charge is -2.43. The van der Waals surface area contributed by atoms with Crippen LogP contribution in [0.3, 0.4) is 0 Å². The SMILES string of the molecule is COc1ccc(C2=NN3[C@@H](C2)c2cc(OC)ccc2OC3(C)C)cc1. The molecule has 2 heterocycles. The zero-order valence-corrected chi connectivity index (χ0v) is 14.9. The monoisotopic (exact) mass is 338 g/mol. The Bertz CT molecular complexity index is 827.